The molecule has 0 spiro atoms. The summed E-state index contributed by atoms with van der Waals surface area (Å²) in [6, 6.07) is 12.6. The lowest BCUT2D eigenvalue weighted by Crippen LogP contribution is -2.19. The molecule has 4 heteroatoms. The lowest BCUT2D eigenvalue weighted by molar-refractivity contribution is 0.651. The van der Waals surface area contributed by atoms with Crippen LogP contribution in [0.25, 0.3) is 0 Å². The third kappa shape index (κ3) is 4.61. The smallest absolute Gasteiger partial charge is 0.144 e. The van der Waals surface area contributed by atoms with E-state index in [-0.39, 0.29) is 4.75 Å². The van der Waals surface area contributed by atoms with Crippen LogP contribution in [0.5, 0.6) is 0 Å². The number of rotatable bonds is 4. The zero-order chi connectivity index (χ0) is 15.5. The van der Waals surface area contributed by atoms with E-state index in [4.69, 9.17) is 0 Å². The van der Waals surface area contributed by atoms with E-state index >= 15 is 0 Å². The van der Waals surface area contributed by atoms with Gasteiger partial charge in [0.05, 0.1) is 11.0 Å². The van der Waals surface area contributed by atoms with E-state index in [1.807, 2.05) is 26.8 Å². The minimum Gasteiger partial charge on any atom is -0.234 e. The highest BCUT2D eigenvalue weighted by molar-refractivity contribution is 7.85. The van der Waals surface area contributed by atoms with Gasteiger partial charge in [-0.2, -0.15) is 4.40 Å². The van der Waals surface area contributed by atoms with Gasteiger partial charge >= 0.3 is 0 Å². The molecule has 2 nitrogen and oxygen atoms in total. The van der Waals surface area contributed by atoms with E-state index in [1.54, 1.807) is 17.6 Å². The molecule has 112 valence electrons. The minimum absolute atomic E-state index is 0.308. The first-order valence-electron chi connectivity index (χ1n) is 6.95. The van der Waals surface area contributed by atoms with Gasteiger partial charge in [-0.15, -0.1) is 11.3 Å². The number of hydrogen-bond donors (Lipinski definition) is 0. The molecule has 1 atom stereocenters. The van der Waals surface area contributed by atoms with E-state index in [0.29, 0.717) is 0 Å². The molecule has 0 radical (unpaired) electrons. The van der Waals surface area contributed by atoms with Crippen LogP contribution in [0.1, 0.15) is 41.7 Å². The summed E-state index contributed by atoms with van der Waals surface area (Å²) in [7, 11) is -1.19. The summed E-state index contributed by atoms with van der Waals surface area (Å²) in [6.07, 6.45) is 2.67. The largest absolute Gasteiger partial charge is 0.234 e. The van der Waals surface area contributed by atoms with Crippen molar-refractivity contribution in [3.8, 4) is 0 Å². The van der Waals surface area contributed by atoms with Gasteiger partial charge < -0.3 is 0 Å². The van der Waals surface area contributed by atoms with Crippen molar-refractivity contribution in [1.29, 1.82) is 0 Å². The van der Waals surface area contributed by atoms with Gasteiger partial charge in [-0.05, 0) is 51.0 Å². The second-order valence-corrected chi connectivity index (χ2v) is 9.14. The Hall–Kier alpha value is -1.26. The van der Waals surface area contributed by atoms with Crippen molar-refractivity contribution in [3.05, 3.63) is 57.3 Å². The van der Waals surface area contributed by atoms with Crippen LogP contribution in [0.15, 0.2) is 40.8 Å². The molecule has 0 saturated carbocycles. The zero-order valence-electron chi connectivity index (χ0n) is 12.9. The second kappa shape index (κ2) is 6.67. The molecule has 2 aromatic rings. The third-order valence-electron chi connectivity index (χ3n) is 3.11. The monoisotopic (exact) mass is 319 g/mol. The van der Waals surface area contributed by atoms with Gasteiger partial charge in [0.15, 0.2) is 0 Å². The topological polar surface area (TPSA) is 29.4 Å². The maximum absolute atomic E-state index is 11.9. The maximum atomic E-state index is 11.9. The second-order valence-electron chi connectivity index (χ2n) is 6.00. The zero-order valence-corrected chi connectivity index (χ0v) is 14.6. The van der Waals surface area contributed by atoms with Crippen molar-refractivity contribution >= 4 is 28.5 Å². The summed E-state index contributed by atoms with van der Waals surface area (Å²) in [4.78, 5) is 2.35. The average Bonchev–Trinajstić information content (AvgIpc) is 2.85. The molecule has 0 bridgehead atoms. The Morgan fingerprint density at radius 1 is 1.19 bits per heavy atom. The highest BCUT2D eigenvalue weighted by atomic mass is 32.2. The van der Waals surface area contributed by atoms with Gasteiger partial charge in [-0.1, -0.05) is 24.3 Å². The highest BCUT2D eigenvalue weighted by Gasteiger charge is 2.18. The van der Waals surface area contributed by atoms with Crippen LogP contribution < -0.4 is 0 Å². The third-order valence-corrected chi connectivity index (χ3v) is 5.47. The molecule has 0 unspecified atom stereocenters. The van der Waals surface area contributed by atoms with Crippen LogP contribution in [-0.2, 0) is 17.4 Å². The fourth-order valence-electron chi connectivity index (χ4n) is 1.81. The predicted octanol–water partition coefficient (Wildman–Crippen LogP) is 4.53. The molecule has 0 aliphatic carbocycles. The van der Waals surface area contributed by atoms with Crippen molar-refractivity contribution < 1.29 is 4.21 Å². The molecule has 0 amide bonds. The molecule has 0 fully saturated rings. The summed E-state index contributed by atoms with van der Waals surface area (Å²) < 4.78 is 15.8. The fourth-order valence-corrected chi connectivity index (χ4v) is 3.31. The molecule has 2 rings (SSSR count). The summed E-state index contributed by atoms with van der Waals surface area (Å²) >= 11 is 1.71. The molecule has 0 N–H and O–H groups in total. The molecule has 0 saturated heterocycles. The lowest BCUT2D eigenvalue weighted by Gasteiger charge is -2.12. The van der Waals surface area contributed by atoms with E-state index in [2.05, 4.69) is 41.7 Å². The van der Waals surface area contributed by atoms with Crippen molar-refractivity contribution in [1.82, 2.24) is 0 Å². The first-order chi connectivity index (χ1) is 9.86. The van der Waals surface area contributed by atoms with E-state index < -0.39 is 11.0 Å². The summed E-state index contributed by atoms with van der Waals surface area (Å²) in [6.45, 7) is 7.92. The summed E-state index contributed by atoms with van der Waals surface area (Å²) in [5, 5.41) is 0. The Balaban J connectivity index is 2.07. The highest BCUT2D eigenvalue weighted by Crippen LogP contribution is 2.21. The molecular weight excluding hydrogens is 298 g/mol. The first kappa shape index (κ1) is 16.1. The van der Waals surface area contributed by atoms with Gasteiger partial charge in [0, 0.05) is 16.2 Å². The standard InChI is InChI=1S/C17H21NOS2/c1-13-7-5-6-8-14(13)11-15-9-10-16(20-15)12-18-21(19)17(2,3)4/h5-10,12H,11H2,1-4H3/b18-12+/t21-/m1/s1. The van der Waals surface area contributed by atoms with Crippen molar-refractivity contribution in [2.45, 2.75) is 38.9 Å². The van der Waals surface area contributed by atoms with Gasteiger partial charge in [0.25, 0.3) is 0 Å². The summed E-state index contributed by atoms with van der Waals surface area (Å²) in [5.74, 6) is 0. The van der Waals surface area contributed by atoms with Gasteiger partial charge in [-0.3, -0.25) is 0 Å². The maximum Gasteiger partial charge on any atom is 0.144 e. The number of hydrogen-bond acceptors (Lipinski definition) is 2. The van der Waals surface area contributed by atoms with Gasteiger partial charge in [-0.25, -0.2) is 4.21 Å². The van der Waals surface area contributed by atoms with Crippen LogP contribution in [0.4, 0.5) is 0 Å². The van der Waals surface area contributed by atoms with Crippen molar-refractivity contribution in [2.75, 3.05) is 0 Å². The Kier molecular flexibility index (Phi) is 5.12. The molecule has 1 heterocycles. The van der Waals surface area contributed by atoms with E-state index in [1.165, 1.54) is 16.0 Å². The van der Waals surface area contributed by atoms with Crippen molar-refractivity contribution in [3.63, 3.8) is 0 Å². The normalized spacial score (nSPS) is 13.7. The Labute approximate surface area is 133 Å². The first-order valence-corrected chi connectivity index (χ1v) is 8.88. The quantitative estimate of drug-likeness (QED) is 0.761. The molecule has 0 aliphatic rings. The number of thiophene rings is 1. The van der Waals surface area contributed by atoms with Crippen LogP contribution in [0, 0.1) is 6.92 Å². The molecule has 1 aromatic carbocycles. The Bertz CT molecular complexity index is 665. The van der Waals surface area contributed by atoms with Crippen LogP contribution in [-0.4, -0.2) is 15.2 Å². The average molecular weight is 319 g/mol. The lowest BCUT2D eigenvalue weighted by atomic mass is 10.1. The van der Waals surface area contributed by atoms with Crippen molar-refractivity contribution in [2.24, 2.45) is 4.40 Å². The molecule has 21 heavy (non-hydrogen) atoms. The van der Waals surface area contributed by atoms with E-state index in [9.17, 15) is 4.21 Å². The van der Waals surface area contributed by atoms with Crippen LogP contribution in [0.2, 0.25) is 0 Å². The molecule has 0 aliphatic heterocycles. The number of benzene rings is 1. The SMILES string of the molecule is Cc1ccccc1Cc1ccc(/C=N/[S@](=O)C(C)(C)C)s1. The van der Waals surface area contributed by atoms with Gasteiger partial charge in [0.1, 0.15) is 11.0 Å². The number of nitrogens with zero attached hydrogens (tertiary/aromatic N) is 1. The fraction of sp³-hybridized carbons (Fsp3) is 0.353. The Morgan fingerprint density at radius 3 is 2.57 bits per heavy atom. The minimum atomic E-state index is -1.19. The van der Waals surface area contributed by atoms with Crippen LogP contribution in [0.3, 0.4) is 0 Å². The molecule has 1 aromatic heterocycles. The van der Waals surface area contributed by atoms with Gasteiger partial charge in [0.2, 0.25) is 0 Å². The Morgan fingerprint density at radius 2 is 1.90 bits per heavy atom. The molecular formula is C17H21NOS2. The van der Waals surface area contributed by atoms with Crippen LogP contribution >= 0.6 is 11.3 Å². The van der Waals surface area contributed by atoms with E-state index in [0.717, 1.165) is 11.3 Å². The predicted molar refractivity (Wildman–Crippen MR) is 93.8 cm³/mol. The number of aryl methyl sites for hydroxylation is 1. The summed E-state index contributed by atoms with van der Waals surface area (Å²) in [5.41, 5.74) is 2.66.